The first kappa shape index (κ1) is 14.5. The van der Waals surface area contributed by atoms with Crippen LogP contribution >= 0.6 is 11.6 Å². The molecule has 0 fully saturated rings. The van der Waals surface area contributed by atoms with E-state index in [1.807, 2.05) is 4.68 Å². The minimum Gasteiger partial charge on any atom is -0.314 e. The highest BCUT2D eigenvalue weighted by atomic mass is 35.5. The van der Waals surface area contributed by atoms with Gasteiger partial charge in [-0.3, -0.25) is 4.68 Å². The summed E-state index contributed by atoms with van der Waals surface area (Å²) in [7, 11) is 0. The normalized spacial score (nSPS) is 14.0. The predicted octanol–water partition coefficient (Wildman–Crippen LogP) is 3.22. The summed E-state index contributed by atoms with van der Waals surface area (Å²) in [6.45, 7) is 12.8. The quantitative estimate of drug-likeness (QED) is 0.848. The monoisotopic (exact) mass is 257 g/mol. The van der Waals surface area contributed by atoms with E-state index in [0.717, 1.165) is 30.2 Å². The Hall–Kier alpha value is -0.540. The molecule has 0 aliphatic heterocycles. The maximum Gasteiger partial charge on any atom is 0.0823 e. The molecule has 0 saturated carbocycles. The second-order valence-corrected chi connectivity index (χ2v) is 5.61. The van der Waals surface area contributed by atoms with Gasteiger partial charge in [0, 0.05) is 18.0 Å². The van der Waals surface area contributed by atoms with Crippen molar-refractivity contribution in [3.05, 3.63) is 16.9 Å². The zero-order valence-corrected chi connectivity index (χ0v) is 12.3. The molecule has 0 spiro atoms. The van der Waals surface area contributed by atoms with Gasteiger partial charge in [-0.25, -0.2) is 0 Å². The number of aryl methyl sites for hydroxylation is 1. The van der Waals surface area contributed by atoms with Crippen molar-refractivity contribution in [2.75, 3.05) is 6.54 Å². The van der Waals surface area contributed by atoms with Gasteiger partial charge in [0.05, 0.1) is 16.9 Å². The van der Waals surface area contributed by atoms with Crippen LogP contribution < -0.4 is 5.32 Å². The highest BCUT2D eigenvalue weighted by molar-refractivity contribution is 6.31. The Morgan fingerprint density at radius 3 is 2.65 bits per heavy atom. The van der Waals surface area contributed by atoms with Gasteiger partial charge < -0.3 is 5.32 Å². The number of rotatable bonds is 6. The Morgan fingerprint density at radius 1 is 1.47 bits per heavy atom. The zero-order valence-electron chi connectivity index (χ0n) is 11.5. The van der Waals surface area contributed by atoms with Crippen LogP contribution in [0, 0.1) is 0 Å². The lowest BCUT2D eigenvalue weighted by atomic mass is 9.82. The van der Waals surface area contributed by atoms with Crippen molar-refractivity contribution in [1.29, 1.82) is 0 Å². The van der Waals surface area contributed by atoms with E-state index in [9.17, 15) is 0 Å². The lowest BCUT2D eigenvalue weighted by molar-refractivity contribution is 0.369. The van der Waals surface area contributed by atoms with E-state index in [2.05, 4.69) is 45.0 Å². The first-order valence-electron chi connectivity index (χ1n) is 6.37. The molecule has 0 aliphatic rings. The maximum atomic E-state index is 6.27. The highest BCUT2D eigenvalue weighted by Crippen LogP contribution is 2.33. The Balaban J connectivity index is 2.91. The lowest BCUT2D eigenvalue weighted by Gasteiger charge is -2.29. The van der Waals surface area contributed by atoms with Crippen LogP contribution in [0.5, 0.6) is 0 Å². The van der Waals surface area contributed by atoms with Crippen LogP contribution in [0.25, 0.3) is 0 Å². The molecule has 98 valence electrons. The van der Waals surface area contributed by atoms with Crippen LogP contribution in [-0.4, -0.2) is 22.4 Å². The Labute approximate surface area is 110 Å². The fourth-order valence-corrected chi connectivity index (χ4v) is 2.95. The first-order valence-corrected chi connectivity index (χ1v) is 6.75. The minimum absolute atomic E-state index is 0.0329. The van der Waals surface area contributed by atoms with E-state index >= 15 is 0 Å². The van der Waals surface area contributed by atoms with Crippen LogP contribution in [0.4, 0.5) is 0 Å². The number of nitrogens with zero attached hydrogens (tertiary/aromatic N) is 2. The molecule has 0 radical (unpaired) electrons. The van der Waals surface area contributed by atoms with Crippen molar-refractivity contribution < 1.29 is 0 Å². The van der Waals surface area contributed by atoms with Crippen molar-refractivity contribution in [3.8, 4) is 0 Å². The molecule has 4 heteroatoms. The molecular weight excluding hydrogens is 234 g/mol. The van der Waals surface area contributed by atoms with E-state index < -0.39 is 0 Å². The van der Waals surface area contributed by atoms with Gasteiger partial charge in [-0.2, -0.15) is 5.10 Å². The summed E-state index contributed by atoms with van der Waals surface area (Å²) >= 11 is 6.27. The largest absolute Gasteiger partial charge is 0.314 e. The number of halogens is 1. The molecule has 1 aromatic rings. The van der Waals surface area contributed by atoms with Gasteiger partial charge in [0.25, 0.3) is 0 Å². The average molecular weight is 258 g/mol. The second kappa shape index (κ2) is 5.87. The molecule has 17 heavy (non-hydrogen) atoms. The zero-order chi connectivity index (χ0) is 13.1. The SMILES string of the molecule is CCNC(C)CC(C)(C)c1c(Cl)cnn1CC. The van der Waals surface area contributed by atoms with Crippen LogP contribution in [0.15, 0.2) is 6.20 Å². The topological polar surface area (TPSA) is 29.9 Å². The summed E-state index contributed by atoms with van der Waals surface area (Å²) in [4.78, 5) is 0. The van der Waals surface area contributed by atoms with Crippen LogP contribution in [0.1, 0.15) is 46.7 Å². The number of hydrogen-bond acceptors (Lipinski definition) is 2. The second-order valence-electron chi connectivity index (χ2n) is 5.20. The maximum absolute atomic E-state index is 6.27. The van der Waals surface area contributed by atoms with Crippen molar-refractivity contribution in [2.45, 2.75) is 59.0 Å². The molecule has 1 N–H and O–H groups in total. The van der Waals surface area contributed by atoms with E-state index in [4.69, 9.17) is 11.6 Å². The third kappa shape index (κ3) is 3.46. The third-order valence-electron chi connectivity index (χ3n) is 3.10. The standard InChI is InChI=1S/C13H24ClN3/c1-6-15-10(3)8-13(4,5)12-11(14)9-16-17(12)7-2/h9-10,15H,6-8H2,1-5H3. The van der Waals surface area contributed by atoms with Gasteiger partial charge in [-0.15, -0.1) is 0 Å². The van der Waals surface area contributed by atoms with Crippen molar-refractivity contribution in [1.82, 2.24) is 15.1 Å². The lowest BCUT2D eigenvalue weighted by Crippen LogP contribution is -2.34. The van der Waals surface area contributed by atoms with Gasteiger partial charge in [0.1, 0.15) is 0 Å². The number of hydrogen-bond donors (Lipinski definition) is 1. The van der Waals surface area contributed by atoms with Crippen molar-refractivity contribution >= 4 is 11.6 Å². The Morgan fingerprint density at radius 2 is 2.12 bits per heavy atom. The molecular formula is C13H24ClN3. The summed E-state index contributed by atoms with van der Waals surface area (Å²) in [5.41, 5.74) is 1.18. The van der Waals surface area contributed by atoms with Gasteiger partial charge in [-0.05, 0) is 26.8 Å². The molecule has 1 atom stereocenters. The molecule has 1 heterocycles. The molecule has 3 nitrogen and oxygen atoms in total. The van der Waals surface area contributed by atoms with Gasteiger partial charge in [0.2, 0.25) is 0 Å². The van der Waals surface area contributed by atoms with Crippen LogP contribution in [0.2, 0.25) is 5.02 Å². The molecule has 1 rings (SSSR count). The van der Waals surface area contributed by atoms with E-state index in [-0.39, 0.29) is 5.41 Å². The molecule has 0 saturated heterocycles. The van der Waals surface area contributed by atoms with E-state index in [0.29, 0.717) is 6.04 Å². The summed E-state index contributed by atoms with van der Waals surface area (Å²) in [5.74, 6) is 0. The third-order valence-corrected chi connectivity index (χ3v) is 3.38. The molecule has 0 amide bonds. The van der Waals surface area contributed by atoms with Gasteiger partial charge in [-0.1, -0.05) is 32.4 Å². The smallest absolute Gasteiger partial charge is 0.0823 e. The van der Waals surface area contributed by atoms with Gasteiger partial charge >= 0.3 is 0 Å². The Kier molecular flexibility index (Phi) is 5.02. The fourth-order valence-electron chi connectivity index (χ4n) is 2.56. The number of aromatic nitrogens is 2. The highest BCUT2D eigenvalue weighted by Gasteiger charge is 2.29. The molecule has 0 aliphatic carbocycles. The molecule has 0 bridgehead atoms. The summed E-state index contributed by atoms with van der Waals surface area (Å²) < 4.78 is 2.00. The van der Waals surface area contributed by atoms with Crippen molar-refractivity contribution in [2.24, 2.45) is 0 Å². The van der Waals surface area contributed by atoms with Crippen LogP contribution in [0.3, 0.4) is 0 Å². The Bertz CT molecular complexity index is 358. The summed E-state index contributed by atoms with van der Waals surface area (Å²) in [5, 5.41) is 8.54. The average Bonchev–Trinajstić information content (AvgIpc) is 2.59. The first-order chi connectivity index (χ1) is 7.92. The van der Waals surface area contributed by atoms with E-state index in [1.165, 1.54) is 0 Å². The summed E-state index contributed by atoms with van der Waals surface area (Å²) in [6.07, 6.45) is 2.80. The fraction of sp³-hybridized carbons (Fsp3) is 0.769. The predicted molar refractivity (Wildman–Crippen MR) is 73.7 cm³/mol. The van der Waals surface area contributed by atoms with Crippen LogP contribution in [-0.2, 0) is 12.0 Å². The molecule has 0 aromatic carbocycles. The molecule has 1 aromatic heterocycles. The molecule has 1 unspecified atom stereocenters. The van der Waals surface area contributed by atoms with Crippen molar-refractivity contribution in [3.63, 3.8) is 0 Å². The summed E-state index contributed by atoms with van der Waals surface area (Å²) in [6, 6.07) is 0.478. The minimum atomic E-state index is 0.0329. The van der Waals surface area contributed by atoms with E-state index in [1.54, 1.807) is 6.20 Å². The van der Waals surface area contributed by atoms with Gasteiger partial charge in [0.15, 0.2) is 0 Å². The number of nitrogens with one attached hydrogen (secondary N) is 1.